The van der Waals surface area contributed by atoms with Crippen LogP contribution in [0.3, 0.4) is 0 Å². The average Bonchev–Trinajstić information content (AvgIpc) is 2.64. The van der Waals surface area contributed by atoms with Crippen molar-refractivity contribution in [2.24, 2.45) is 0 Å². The number of nitrogens with zero attached hydrogens (tertiary/aromatic N) is 1. The molecule has 1 aromatic heterocycles. The summed E-state index contributed by atoms with van der Waals surface area (Å²) < 4.78 is 2.27. The minimum absolute atomic E-state index is 0.238. The fourth-order valence-corrected chi connectivity index (χ4v) is 1.98. The summed E-state index contributed by atoms with van der Waals surface area (Å²) in [5.41, 5.74) is 4.30. The molecular formula is C16H21N. The highest BCUT2D eigenvalue weighted by Gasteiger charge is 2.12. The van der Waals surface area contributed by atoms with E-state index in [1.54, 1.807) is 0 Å². The molecule has 1 nitrogen and oxygen atoms in total. The van der Waals surface area contributed by atoms with Crippen molar-refractivity contribution in [2.75, 3.05) is 0 Å². The summed E-state index contributed by atoms with van der Waals surface area (Å²) in [6, 6.07) is 13.2. The van der Waals surface area contributed by atoms with Crippen molar-refractivity contribution in [2.45, 2.75) is 39.7 Å². The molecule has 0 saturated heterocycles. The van der Waals surface area contributed by atoms with Crippen LogP contribution in [0.15, 0.2) is 42.6 Å². The van der Waals surface area contributed by atoms with Crippen molar-refractivity contribution in [3.63, 3.8) is 0 Å². The third kappa shape index (κ3) is 2.79. The normalized spacial score (nSPS) is 11.8. The zero-order chi connectivity index (χ0) is 12.5. The van der Waals surface area contributed by atoms with E-state index in [2.05, 4.69) is 74.9 Å². The molecule has 0 amide bonds. The first kappa shape index (κ1) is 12.0. The Morgan fingerprint density at radius 3 is 2.12 bits per heavy atom. The molecule has 1 heterocycles. The molecule has 0 atom stereocenters. The van der Waals surface area contributed by atoms with Crippen molar-refractivity contribution in [1.29, 1.82) is 0 Å². The van der Waals surface area contributed by atoms with Crippen molar-refractivity contribution < 1.29 is 0 Å². The van der Waals surface area contributed by atoms with Gasteiger partial charge in [0.25, 0.3) is 0 Å². The van der Waals surface area contributed by atoms with E-state index in [0.717, 1.165) is 6.54 Å². The van der Waals surface area contributed by atoms with E-state index in [4.69, 9.17) is 0 Å². The maximum Gasteiger partial charge on any atom is 0.0472 e. The Kier molecular flexibility index (Phi) is 3.10. The van der Waals surface area contributed by atoms with Crippen LogP contribution >= 0.6 is 0 Å². The minimum atomic E-state index is 0.238. The second-order valence-corrected chi connectivity index (χ2v) is 5.72. The van der Waals surface area contributed by atoms with Gasteiger partial charge in [0.2, 0.25) is 0 Å². The van der Waals surface area contributed by atoms with Crippen LogP contribution < -0.4 is 0 Å². The van der Waals surface area contributed by atoms with Gasteiger partial charge in [-0.05, 0) is 35.6 Å². The number of hydrogen-bond acceptors (Lipinski definition) is 0. The molecule has 0 saturated carbocycles. The summed E-state index contributed by atoms with van der Waals surface area (Å²) in [6.45, 7) is 9.85. The molecule has 0 aliphatic rings. The standard InChI is InChI=1S/C16H21N/c1-13-6-5-11-17(13)12-14-7-9-15(10-8-14)16(2,3)4/h5-11H,12H2,1-4H3. The van der Waals surface area contributed by atoms with Crippen LogP contribution in [-0.2, 0) is 12.0 Å². The van der Waals surface area contributed by atoms with E-state index in [-0.39, 0.29) is 5.41 Å². The lowest BCUT2D eigenvalue weighted by Gasteiger charge is -2.19. The zero-order valence-corrected chi connectivity index (χ0v) is 11.2. The molecule has 0 spiro atoms. The van der Waals surface area contributed by atoms with Gasteiger partial charge in [-0.15, -0.1) is 0 Å². The molecule has 0 aliphatic carbocycles. The molecule has 0 radical (unpaired) electrons. The van der Waals surface area contributed by atoms with Crippen LogP contribution in [0.25, 0.3) is 0 Å². The highest BCUT2D eigenvalue weighted by molar-refractivity contribution is 5.28. The highest BCUT2D eigenvalue weighted by atomic mass is 15.0. The third-order valence-corrected chi connectivity index (χ3v) is 3.23. The molecule has 2 aromatic rings. The summed E-state index contributed by atoms with van der Waals surface area (Å²) in [7, 11) is 0. The predicted molar refractivity (Wildman–Crippen MR) is 73.4 cm³/mol. The van der Waals surface area contributed by atoms with E-state index < -0.39 is 0 Å². The third-order valence-electron chi connectivity index (χ3n) is 3.23. The monoisotopic (exact) mass is 227 g/mol. The molecule has 0 unspecified atom stereocenters. The Morgan fingerprint density at radius 2 is 1.65 bits per heavy atom. The largest absolute Gasteiger partial charge is 0.347 e. The summed E-state index contributed by atoms with van der Waals surface area (Å²) in [4.78, 5) is 0. The SMILES string of the molecule is Cc1cccn1Cc1ccc(C(C)(C)C)cc1. The van der Waals surface area contributed by atoms with Gasteiger partial charge in [-0.1, -0.05) is 45.0 Å². The lowest BCUT2D eigenvalue weighted by atomic mass is 9.87. The van der Waals surface area contributed by atoms with Gasteiger partial charge in [-0.2, -0.15) is 0 Å². The number of hydrogen-bond donors (Lipinski definition) is 0. The molecular weight excluding hydrogens is 206 g/mol. The van der Waals surface area contributed by atoms with Crippen LogP contribution in [0.5, 0.6) is 0 Å². The Bertz CT molecular complexity index is 483. The maximum atomic E-state index is 2.27. The van der Waals surface area contributed by atoms with Gasteiger partial charge in [0.1, 0.15) is 0 Å². The number of benzene rings is 1. The Balaban J connectivity index is 2.17. The Morgan fingerprint density at radius 1 is 1.00 bits per heavy atom. The first-order valence-corrected chi connectivity index (χ1v) is 6.18. The predicted octanol–water partition coefficient (Wildman–Crippen LogP) is 4.14. The zero-order valence-electron chi connectivity index (χ0n) is 11.2. The summed E-state index contributed by atoms with van der Waals surface area (Å²) in [5.74, 6) is 0. The Labute approximate surface area is 104 Å². The molecule has 0 fully saturated rings. The van der Waals surface area contributed by atoms with Gasteiger partial charge in [-0.3, -0.25) is 0 Å². The van der Waals surface area contributed by atoms with E-state index in [9.17, 15) is 0 Å². The maximum absolute atomic E-state index is 2.27. The smallest absolute Gasteiger partial charge is 0.0472 e. The van der Waals surface area contributed by atoms with Gasteiger partial charge >= 0.3 is 0 Å². The van der Waals surface area contributed by atoms with Crippen molar-refractivity contribution >= 4 is 0 Å². The van der Waals surface area contributed by atoms with Crippen LogP contribution in [0.1, 0.15) is 37.6 Å². The molecule has 2 rings (SSSR count). The molecule has 1 heteroatoms. The van der Waals surface area contributed by atoms with Crippen LogP contribution in [-0.4, -0.2) is 4.57 Å². The summed E-state index contributed by atoms with van der Waals surface area (Å²) in [6.07, 6.45) is 2.13. The van der Waals surface area contributed by atoms with Crippen molar-refractivity contribution in [3.8, 4) is 0 Å². The number of aryl methyl sites for hydroxylation is 1. The lowest BCUT2D eigenvalue weighted by molar-refractivity contribution is 0.589. The fourth-order valence-electron chi connectivity index (χ4n) is 1.98. The van der Waals surface area contributed by atoms with Crippen LogP contribution in [0, 0.1) is 6.92 Å². The second kappa shape index (κ2) is 4.40. The fraction of sp³-hybridized carbons (Fsp3) is 0.375. The van der Waals surface area contributed by atoms with E-state index in [0.29, 0.717) is 0 Å². The quantitative estimate of drug-likeness (QED) is 0.726. The number of aromatic nitrogens is 1. The first-order chi connectivity index (χ1) is 7.97. The van der Waals surface area contributed by atoms with Crippen LogP contribution in [0.2, 0.25) is 0 Å². The van der Waals surface area contributed by atoms with Gasteiger partial charge in [0, 0.05) is 18.4 Å². The molecule has 0 aliphatic heterocycles. The van der Waals surface area contributed by atoms with Crippen LogP contribution in [0.4, 0.5) is 0 Å². The minimum Gasteiger partial charge on any atom is -0.347 e. The highest BCUT2D eigenvalue weighted by Crippen LogP contribution is 2.22. The molecule has 17 heavy (non-hydrogen) atoms. The van der Waals surface area contributed by atoms with Gasteiger partial charge in [0.15, 0.2) is 0 Å². The van der Waals surface area contributed by atoms with Gasteiger partial charge in [0.05, 0.1) is 0 Å². The van der Waals surface area contributed by atoms with Gasteiger partial charge in [-0.25, -0.2) is 0 Å². The molecule has 0 N–H and O–H groups in total. The number of rotatable bonds is 2. The van der Waals surface area contributed by atoms with E-state index >= 15 is 0 Å². The second-order valence-electron chi connectivity index (χ2n) is 5.72. The topological polar surface area (TPSA) is 4.93 Å². The first-order valence-electron chi connectivity index (χ1n) is 6.18. The molecule has 90 valence electrons. The lowest BCUT2D eigenvalue weighted by Crippen LogP contribution is -2.11. The van der Waals surface area contributed by atoms with Gasteiger partial charge < -0.3 is 4.57 Å². The van der Waals surface area contributed by atoms with E-state index in [1.165, 1.54) is 16.8 Å². The Hall–Kier alpha value is -1.50. The molecule has 0 bridgehead atoms. The van der Waals surface area contributed by atoms with Crippen molar-refractivity contribution in [3.05, 3.63) is 59.4 Å². The van der Waals surface area contributed by atoms with E-state index in [1.807, 2.05) is 0 Å². The molecule has 1 aromatic carbocycles. The van der Waals surface area contributed by atoms with Crippen molar-refractivity contribution in [1.82, 2.24) is 4.57 Å². The average molecular weight is 227 g/mol. The summed E-state index contributed by atoms with van der Waals surface area (Å²) >= 11 is 0. The summed E-state index contributed by atoms with van der Waals surface area (Å²) in [5, 5.41) is 0.